The van der Waals surface area contributed by atoms with Gasteiger partial charge in [-0.3, -0.25) is 8.98 Å². The zero-order valence-corrected chi connectivity index (χ0v) is 23.7. The molecule has 6 atom stereocenters. The van der Waals surface area contributed by atoms with E-state index in [-0.39, 0.29) is 27.7 Å². The van der Waals surface area contributed by atoms with Crippen LogP contribution in [0.5, 0.6) is 0 Å². The van der Waals surface area contributed by atoms with Gasteiger partial charge in [-0.25, -0.2) is 8.42 Å². The van der Waals surface area contributed by atoms with Crippen molar-refractivity contribution in [3.8, 4) is 4.90 Å². The standard InChI is InChI=1S/C18H19S.C9H12O8S2/c1-18(2,3)15-8-10-16(11-9-15)19-13-12-14-6-4-5-7-17(14)19;10-7(3-18(11,12)13)16-8-4-1-5-6(2-4)19(14,15)17-9(5)8/h4-13H,1-3H3;4-6,8-9H,1-3H2,(H,11,12,13)/q+1;/p-1. The Morgan fingerprint density at radius 3 is 2.42 bits per heavy atom. The predicted octanol–water partition coefficient (Wildman–Crippen LogP) is 4.46. The maximum absolute atomic E-state index is 11.6. The van der Waals surface area contributed by atoms with E-state index >= 15 is 0 Å². The first-order valence-corrected chi connectivity index (χ1v) is 16.7. The van der Waals surface area contributed by atoms with E-state index in [4.69, 9.17) is 8.92 Å². The van der Waals surface area contributed by atoms with Gasteiger partial charge >= 0.3 is 5.97 Å². The molecule has 6 unspecified atom stereocenters. The molecule has 3 fully saturated rings. The molecule has 0 radical (unpaired) electrons. The Morgan fingerprint density at radius 1 is 1.08 bits per heavy atom. The molecule has 11 heteroatoms. The quantitative estimate of drug-likeness (QED) is 0.192. The smallest absolute Gasteiger partial charge is 0.320 e. The van der Waals surface area contributed by atoms with Crippen molar-refractivity contribution in [3.05, 3.63) is 65.5 Å². The van der Waals surface area contributed by atoms with Crippen LogP contribution in [0.25, 0.3) is 15.0 Å². The Kier molecular flexibility index (Phi) is 6.96. The van der Waals surface area contributed by atoms with Gasteiger partial charge in [-0.15, -0.1) is 0 Å². The van der Waals surface area contributed by atoms with Gasteiger partial charge in [0.15, 0.2) is 9.60 Å². The molecular formula is C27H30O8S3. The number of rotatable bonds is 4. The van der Waals surface area contributed by atoms with E-state index in [0.717, 1.165) is 0 Å². The van der Waals surface area contributed by atoms with Gasteiger partial charge in [0.05, 0.1) is 5.25 Å². The first kappa shape index (κ1) is 27.3. The SMILES string of the molecule is CC(C)(C)c1ccc(-[s+]2ccc3ccccc32)cc1.O=C(CS(=O)(=O)[O-])OC1C2CC3C1OS(=O)(=O)C3C2. The molecule has 1 aliphatic heterocycles. The van der Waals surface area contributed by atoms with Crippen LogP contribution in [-0.4, -0.2) is 50.6 Å². The molecule has 1 aromatic heterocycles. The summed E-state index contributed by atoms with van der Waals surface area (Å²) in [4.78, 5) is 12.7. The second-order valence-corrected chi connectivity index (χ2v) is 16.1. The van der Waals surface area contributed by atoms with Crippen molar-refractivity contribution in [2.75, 3.05) is 5.75 Å². The molecule has 2 aliphatic carbocycles. The van der Waals surface area contributed by atoms with E-state index in [9.17, 15) is 26.2 Å². The number of carbonyl (C=O) groups excluding carboxylic acids is 1. The number of hydrogen-bond acceptors (Lipinski definition) is 8. The molecule has 0 amide bonds. The van der Waals surface area contributed by atoms with E-state index in [1.807, 2.05) is 0 Å². The van der Waals surface area contributed by atoms with E-state index in [1.54, 1.807) is 0 Å². The van der Waals surface area contributed by atoms with Gasteiger partial charge in [-0.05, 0) is 48.1 Å². The lowest BCUT2D eigenvalue weighted by atomic mass is 9.87. The van der Waals surface area contributed by atoms with Crippen molar-refractivity contribution in [1.29, 1.82) is 0 Å². The lowest BCUT2D eigenvalue weighted by Crippen LogP contribution is -2.38. The molecule has 38 heavy (non-hydrogen) atoms. The summed E-state index contributed by atoms with van der Waals surface area (Å²) < 4.78 is 66.0. The Balaban J connectivity index is 0.000000155. The predicted molar refractivity (Wildman–Crippen MR) is 145 cm³/mol. The van der Waals surface area contributed by atoms with Crippen LogP contribution < -0.4 is 0 Å². The van der Waals surface area contributed by atoms with Gasteiger partial charge in [0.1, 0.15) is 33.5 Å². The molecule has 204 valence electrons. The zero-order valence-electron chi connectivity index (χ0n) is 21.3. The van der Waals surface area contributed by atoms with Crippen molar-refractivity contribution in [1.82, 2.24) is 0 Å². The minimum absolute atomic E-state index is 0.119. The number of fused-ring (bicyclic) bond motifs is 2. The highest BCUT2D eigenvalue weighted by Gasteiger charge is 2.65. The van der Waals surface area contributed by atoms with Crippen LogP contribution in [0.3, 0.4) is 0 Å². The van der Waals surface area contributed by atoms with Crippen molar-refractivity contribution < 1.29 is 35.1 Å². The average molecular weight is 579 g/mol. The summed E-state index contributed by atoms with van der Waals surface area (Å²) in [5.41, 5.74) is 1.63. The summed E-state index contributed by atoms with van der Waals surface area (Å²) in [6.45, 7) is 6.78. The number of hydrogen-bond donors (Lipinski definition) is 0. The molecule has 3 aromatic rings. The summed E-state index contributed by atoms with van der Waals surface area (Å²) in [7, 11) is -8.19. The minimum atomic E-state index is -4.70. The van der Waals surface area contributed by atoms with Crippen molar-refractivity contribution in [2.24, 2.45) is 11.8 Å². The number of carbonyl (C=O) groups is 1. The molecule has 0 N–H and O–H groups in total. The van der Waals surface area contributed by atoms with Gasteiger partial charge in [-0.2, -0.15) is 8.42 Å². The Bertz CT molecular complexity index is 1570. The monoisotopic (exact) mass is 578 g/mol. The van der Waals surface area contributed by atoms with E-state index in [1.165, 1.54) is 20.5 Å². The largest absolute Gasteiger partial charge is 0.748 e. The molecule has 6 rings (SSSR count). The van der Waals surface area contributed by atoms with Crippen molar-refractivity contribution in [2.45, 2.75) is 56.5 Å². The second-order valence-electron chi connectivity index (χ2n) is 11.1. The third-order valence-corrected chi connectivity index (χ3v) is 11.9. The van der Waals surface area contributed by atoms with Gasteiger partial charge < -0.3 is 9.29 Å². The first-order valence-electron chi connectivity index (χ1n) is 12.4. The molecule has 1 saturated heterocycles. The lowest BCUT2D eigenvalue weighted by molar-refractivity contribution is -0.152. The highest BCUT2D eigenvalue weighted by molar-refractivity contribution is 7.87. The molecule has 8 nitrogen and oxygen atoms in total. The van der Waals surface area contributed by atoms with Crippen LogP contribution in [0, 0.1) is 11.8 Å². The lowest BCUT2D eigenvalue weighted by Gasteiger charge is -2.25. The van der Waals surface area contributed by atoms with Gasteiger partial charge in [0.25, 0.3) is 10.1 Å². The highest BCUT2D eigenvalue weighted by atomic mass is 32.2. The highest BCUT2D eigenvalue weighted by Crippen LogP contribution is 2.55. The topological polar surface area (TPSA) is 127 Å². The van der Waals surface area contributed by atoms with Gasteiger partial charge in [0.2, 0.25) is 0 Å². The number of thiophene rings is 1. The minimum Gasteiger partial charge on any atom is -0.748 e. The third kappa shape index (κ3) is 5.40. The summed E-state index contributed by atoms with van der Waals surface area (Å²) >= 11 is 0. The maximum Gasteiger partial charge on any atom is 0.320 e. The average Bonchev–Trinajstić information content (AvgIpc) is 3.55. The van der Waals surface area contributed by atoms with Crippen LogP contribution in [0.2, 0.25) is 0 Å². The van der Waals surface area contributed by atoms with E-state index < -0.39 is 49.4 Å². The normalized spacial score (nSPS) is 27.7. The van der Waals surface area contributed by atoms with E-state index in [0.29, 0.717) is 12.8 Å². The molecule has 2 saturated carbocycles. The van der Waals surface area contributed by atoms with Gasteiger partial charge in [-0.1, -0.05) is 45.0 Å². The molecule has 2 heterocycles. The van der Waals surface area contributed by atoms with Crippen LogP contribution in [0.4, 0.5) is 0 Å². The number of esters is 1. The van der Waals surface area contributed by atoms with Crippen molar-refractivity contribution in [3.63, 3.8) is 0 Å². The second kappa shape index (κ2) is 9.71. The maximum atomic E-state index is 11.6. The van der Waals surface area contributed by atoms with Gasteiger partial charge in [0, 0.05) is 33.8 Å². The fourth-order valence-corrected chi connectivity index (χ4v) is 9.84. The molecule has 2 aromatic carbocycles. The van der Waals surface area contributed by atoms with Crippen LogP contribution in [-0.2, 0) is 39.4 Å². The fraction of sp³-hybridized carbons (Fsp3) is 0.444. The molecular weight excluding hydrogens is 548 g/mol. The summed E-state index contributed by atoms with van der Waals surface area (Å²) in [5, 5.41) is 3.16. The number of ether oxygens (including phenoxy) is 1. The summed E-state index contributed by atoms with van der Waals surface area (Å²) in [5.74, 6) is -2.74. The fourth-order valence-electron chi connectivity index (χ4n) is 5.71. The molecule has 0 spiro atoms. The molecule has 3 aliphatic rings. The Morgan fingerprint density at radius 2 is 1.76 bits per heavy atom. The van der Waals surface area contributed by atoms with Crippen molar-refractivity contribution >= 4 is 46.8 Å². The van der Waals surface area contributed by atoms with E-state index in [2.05, 4.69) is 80.7 Å². The molecule has 2 bridgehead atoms. The summed E-state index contributed by atoms with van der Waals surface area (Å²) in [6.07, 6.45) is -0.567. The van der Waals surface area contributed by atoms with Crippen LogP contribution in [0.1, 0.15) is 39.2 Å². The first-order chi connectivity index (χ1) is 17.7. The summed E-state index contributed by atoms with van der Waals surface area (Å²) in [6, 6.07) is 20.1. The zero-order chi connectivity index (χ0) is 27.5. The van der Waals surface area contributed by atoms with Crippen LogP contribution in [0.15, 0.2) is 60.0 Å². The third-order valence-electron chi connectivity index (χ3n) is 7.49. The Hall–Kier alpha value is -2.31. The number of benzene rings is 2. The Labute approximate surface area is 225 Å². The van der Waals surface area contributed by atoms with Crippen LogP contribution >= 0.6 is 10.5 Å².